The molecule has 2 bridgehead atoms. The Bertz CT molecular complexity index is 277. The molecule has 0 amide bonds. The number of rotatable bonds is 1. The molecule has 0 saturated heterocycles. The van der Waals surface area contributed by atoms with Crippen LogP contribution in [0.1, 0.15) is 33.1 Å². The van der Waals surface area contributed by atoms with Crippen LogP contribution in [-0.4, -0.2) is 6.17 Å². The summed E-state index contributed by atoms with van der Waals surface area (Å²) in [7, 11) is 0. The average Bonchev–Trinajstić information content (AvgIpc) is 2.84. The molecular weight excluding hydrogens is 251 g/mol. The quantitative estimate of drug-likeness (QED) is 0.546. The molecule has 2 aliphatic carbocycles. The van der Waals surface area contributed by atoms with Gasteiger partial charge < -0.3 is 0 Å². The predicted octanol–water partition coefficient (Wildman–Crippen LogP) is 5.57. The minimum Gasteiger partial charge on any atom is -0.247 e. The lowest BCUT2D eigenvalue weighted by atomic mass is 9.87. The lowest BCUT2D eigenvalue weighted by molar-refractivity contribution is 0.180. The minimum atomic E-state index is -1.83. The van der Waals surface area contributed by atoms with Crippen LogP contribution in [0.2, 0.25) is 0 Å². The third kappa shape index (κ3) is 5.19. The third-order valence-corrected chi connectivity index (χ3v) is 3.19. The van der Waals surface area contributed by atoms with E-state index in [0.29, 0.717) is 0 Å². The van der Waals surface area contributed by atoms with Gasteiger partial charge in [-0.25, -0.2) is 4.39 Å². The average molecular weight is 270 g/mol. The Morgan fingerprint density at radius 3 is 1.83 bits per heavy atom. The molecule has 0 nitrogen and oxygen atoms in total. The Balaban J connectivity index is 0.000000415. The van der Waals surface area contributed by atoms with Crippen LogP contribution >= 0.6 is 0 Å². The molecule has 0 spiro atoms. The summed E-state index contributed by atoms with van der Waals surface area (Å²) in [6.45, 7) is 6.22. The Morgan fingerprint density at radius 1 is 1.06 bits per heavy atom. The van der Waals surface area contributed by atoms with E-state index in [2.05, 4.69) is 6.58 Å². The molecule has 4 unspecified atom stereocenters. The monoisotopic (exact) mass is 270 g/mol. The van der Waals surface area contributed by atoms with Gasteiger partial charge in [0, 0.05) is 5.92 Å². The maximum absolute atomic E-state index is 13.3. The summed E-state index contributed by atoms with van der Waals surface area (Å²) in [6.07, 6.45) is -1.12. The van der Waals surface area contributed by atoms with Crippen molar-refractivity contribution in [2.24, 2.45) is 17.8 Å². The molecule has 106 valence electrons. The van der Waals surface area contributed by atoms with Gasteiger partial charge in [-0.1, -0.05) is 13.8 Å². The van der Waals surface area contributed by atoms with Crippen LogP contribution in [0.15, 0.2) is 24.8 Å². The molecule has 0 N–H and O–H groups in total. The fourth-order valence-electron chi connectivity index (χ4n) is 2.64. The van der Waals surface area contributed by atoms with Crippen molar-refractivity contribution in [1.29, 1.82) is 0 Å². The van der Waals surface area contributed by atoms with Crippen molar-refractivity contribution in [3.05, 3.63) is 24.8 Å². The van der Waals surface area contributed by atoms with E-state index in [-0.39, 0.29) is 11.8 Å². The van der Waals surface area contributed by atoms with E-state index in [0.717, 1.165) is 25.3 Å². The molecule has 0 aromatic carbocycles. The van der Waals surface area contributed by atoms with Gasteiger partial charge in [0.05, 0.1) is 0 Å². The predicted molar refractivity (Wildman–Crippen MR) is 62.2 cm³/mol. The first-order chi connectivity index (χ1) is 8.41. The smallest absolute Gasteiger partial charge is 0.247 e. The van der Waals surface area contributed by atoms with Crippen molar-refractivity contribution in [3.8, 4) is 0 Å². The van der Waals surface area contributed by atoms with E-state index in [4.69, 9.17) is 0 Å². The van der Waals surface area contributed by atoms with E-state index < -0.39 is 24.3 Å². The van der Waals surface area contributed by atoms with Gasteiger partial charge in [-0.3, -0.25) is 0 Å². The van der Waals surface area contributed by atoms with Crippen molar-refractivity contribution in [2.75, 3.05) is 0 Å². The zero-order valence-electron chi connectivity index (χ0n) is 10.6. The molecule has 0 aliphatic heterocycles. The molecule has 18 heavy (non-hydrogen) atoms. The third-order valence-electron chi connectivity index (χ3n) is 3.19. The van der Waals surface area contributed by atoms with Gasteiger partial charge in [0.15, 0.2) is 0 Å². The standard InChI is InChI=1S/C9H11F3.C2H2F2.C2H6/c10-8(11)4-7-5-1-2-6(3-5)9(7)12;1-2(3)4;1-2/h4-7,9H,1-3H2;1H2;1-2H3. The minimum absolute atomic E-state index is 0.0654. The molecule has 2 fully saturated rings. The van der Waals surface area contributed by atoms with Crippen LogP contribution in [-0.2, 0) is 0 Å². The van der Waals surface area contributed by atoms with Crippen LogP contribution in [0.4, 0.5) is 22.0 Å². The number of hydrogen-bond acceptors (Lipinski definition) is 0. The first kappa shape index (κ1) is 17.1. The topological polar surface area (TPSA) is 0 Å². The molecule has 0 heterocycles. The highest BCUT2D eigenvalue weighted by Gasteiger charge is 2.47. The van der Waals surface area contributed by atoms with Crippen molar-refractivity contribution in [3.63, 3.8) is 0 Å². The molecule has 2 rings (SSSR count). The molecule has 4 atom stereocenters. The van der Waals surface area contributed by atoms with Crippen molar-refractivity contribution < 1.29 is 22.0 Å². The van der Waals surface area contributed by atoms with Gasteiger partial charge in [-0.05, 0) is 43.8 Å². The van der Waals surface area contributed by atoms with Crippen LogP contribution in [0.3, 0.4) is 0 Å². The van der Waals surface area contributed by atoms with E-state index >= 15 is 0 Å². The normalized spacial score (nSPS) is 31.7. The van der Waals surface area contributed by atoms with Gasteiger partial charge >= 0.3 is 0 Å². The molecule has 0 aromatic heterocycles. The maximum Gasteiger partial charge on any atom is 0.266 e. The number of fused-ring (bicyclic) bond motifs is 2. The van der Waals surface area contributed by atoms with Crippen LogP contribution in [0.5, 0.6) is 0 Å². The largest absolute Gasteiger partial charge is 0.266 e. The first-order valence-corrected chi connectivity index (χ1v) is 6.08. The second-order valence-corrected chi connectivity index (χ2v) is 4.15. The molecular formula is C13H19F5. The summed E-state index contributed by atoms with van der Waals surface area (Å²) in [4.78, 5) is 0. The summed E-state index contributed by atoms with van der Waals surface area (Å²) >= 11 is 0. The Hall–Kier alpha value is -0.870. The van der Waals surface area contributed by atoms with Crippen LogP contribution < -0.4 is 0 Å². The molecule has 2 aliphatic rings. The summed E-state index contributed by atoms with van der Waals surface area (Å²) in [5.41, 5.74) is 0. The summed E-state index contributed by atoms with van der Waals surface area (Å²) in [5.74, 6) is -0.240. The highest BCUT2D eigenvalue weighted by molar-refractivity contribution is 5.05. The van der Waals surface area contributed by atoms with Gasteiger partial charge in [0.25, 0.3) is 12.2 Å². The van der Waals surface area contributed by atoms with Gasteiger partial charge in [0.2, 0.25) is 0 Å². The number of halogens is 5. The van der Waals surface area contributed by atoms with Crippen molar-refractivity contribution in [1.82, 2.24) is 0 Å². The molecule has 5 heteroatoms. The maximum atomic E-state index is 13.3. The number of alkyl halides is 1. The highest BCUT2D eigenvalue weighted by atomic mass is 19.3. The number of hydrogen-bond donors (Lipinski definition) is 0. The van der Waals surface area contributed by atoms with E-state index in [1.54, 1.807) is 0 Å². The second-order valence-electron chi connectivity index (χ2n) is 4.15. The van der Waals surface area contributed by atoms with E-state index in [1.165, 1.54) is 0 Å². The number of allylic oxidation sites excluding steroid dienone is 1. The zero-order valence-corrected chi connectivity index (χ0v) is 10.6. The molecule has 2 saturated carbocycles. The van der Waals surface area contributed by atoms with Gasteiger partial charge in [-0.15, -0.1) is 0 Å². The second kappa shape index (κ2) is 8.27. The first-order valence-electron chi connectivity index (χ1n) is 6.08. The van der Waals surface area contributed by atoms with Crippen LogP contribution in [0, 0.1) is 17.8 Å². The Morgan fingerprint density at radius 2 is 1.50 bits per heavy atom. The Labute approximate surface area is 105 Å². The van der Waals surface area contributed by atoms with Crippen LogP contribution in [0.25, 0.3) is 0 Å². The summed E-state index contributed by atoms with van der Waals surface area (Å²) in [5, 5.41) is 0. The highest BCUT2D eigenvalue weighted by Crippen LogP contribution is 2.50. The summed E-state index contributed by atoms with van der Waals surface area (Å²) in [6, 6.07) is 0. The zero-order chi connectivity index (χ0) is 14.3. The van der Waals surface area contributed by atoms with Gasteiger partial charge in [0.1, 0.15) is 6.17 Å². The molecule has 0 aromatic rings. The lowest BCUT2D eigenvalue weighted by Crippen LogP contribution is -2.21. The van der Waals surface area contributed by atoms with Crippen molar-refractivity contribution >= 4 is 0 Å². The van der Waals surface area contributed by atoms with Gasteiger partial charge in [-0.2, -0.15) is 17.6 Å². The van der Waals surface area contributed by atoms with E-state index in [1.807, 2.05) is 13.8 Å². The van der Waals surface area contributed by atoms with Crippen molar-refractivity contribution in [2.45, 2.75) is 39.3 Å². The van der Waals surface area contributed by atoms with E-state index in [9.17, 15) is 22.0 Å². The molecule has 0 radical (unpaired) electrons. The Kier molecular flexibility index (Phi) is 7.87. The fourth-order valence-corrected chi connectivity index (χ4v) is 2.64. The summed E-state index contributed by atoms with van der Waals surface area (Å²) < 4.78 is 57.3. The fraction of sp³-hybridized carbons (Fsp3) is 0.692. The SMILES string of the molecule is C=C(F)F.CC.FC(F)=CC1C2CCC(C2)C1F. The lowest BCUT2D eigenvalue weighted by Gasteiger charge is -2.21.